The van der Waals surface area contributed by atoms with Gasteiger partial charge in [0.1, 0.15) is 0 Å². The maximum atomic E-state index is 12.3. The zero-order valence-electron chi connectivity index (χ0n) is 11.2. The summed E-state index contributed by atoms with van der Waals surface area (Å²) in [4.78, 5) is 12.3. The van der Waals surface area contributed by atoms with Crippen LogP contribution in [0.2, 0.25) is 0 Å². The van der Waals surface area contributed by atoms with E-state index in [-0.39, 0.29) is 11.9 Å². The van der Waals surface area contributed by atoms with Crippen molar-refractivity contribution in [1.82, 2.24) is 5.32 Å². The lowest BCUT2D eigenvalue weighted by Crippen LogP contribution is -2.27. The fraction of sp³-hybridized carbons (Fsp3) is 0.125. The number of carbonyl (C=O) groups excluding carboxylic acids is 1. The SMILES string of the molecule is CC(NC(=O)c1cc(Br)ccc1I)c1ccc(C#N)cc1. The van der Waals surface area contributed by atoms with Crippen molar-refractivity contribution in [3.63, 3.8) is 0 Å². The average molecular weight is 455 g/mol. The molecule has 2 aromatic carbocycles. The number of benzene rings is 2. The molecule has 0 saturated carbocycles. The molecule has 5 heteroatoms. The Hall–Kier alpha value is -1.39. The Balaban J connectivity index is 2.14. The average Bonchev–Trinajstić information content (AvgIpc) is 2.49. The molecule has 2 aromatic rings. The number of amides is 1. The number of halogens is 2. The number of nitriles is 1. The summed E-state index contributed by atoms with van der Waals surface area (Å²) >= 11 is 5.52. The Morgan fingerprint density at radius 1 is 1.29 bits per heavy atom. The van der Waals surface area contributed by atoms with Gasteiger partial charge in [-0.15, -0.1) is 0 Å². The van der Waals surface area contributed by atoms with Crippen LogP contribution in [0.25, 0.3) is 0 Å². The van der Waals surface area contributed by atoms with Gasteiger partial charge in [0.05, 0.1) is 23.2 Å². The van der Waals surface area contributed by atoms with Gasteiger partial charge in [0.25, 0.3) is 5.91 Å². The molecule has 0 bridgehead atoms. The van der Waals surface area contributed by atoms with Crippen LogP contribution in [0.5, 0.6) is 0 Å². The molecule has 0 spiro atoms. The third kappa shape index (κ3) is 4.05. The van der Waals surface area contributed by atoms with Crippen LogP contribution in [0.15, 0.2) is 46.9 Å². The van der Waals surface area contributed by atoms with E-state index in [1.807, 2.05) is 37.3 Å². The summed E-state index contributed by atoms with van der Waals surface area (Å²) in [6.45, 7) is 1.92. The molecule has 0 heterocycles. The number of nitrogens with one attached hydrogen (secondary N) is 1. The number of nitrogens with zero attached hydrogens (tertiary/aromatic N) is 1. The first-order chi connectivity index (χ1) is 10.0. The smallest absolute Gasteiger partial charge is 0.252 e. The molecule has 0 radical (unpaired) electrons. The second-order valence-corrected chi connectivity index (χ2v) is 6.63. The van der Waals surface area contributed by atoms with Crippen molar-refractivity contribution in [2.24, 2.45) is 0 Å². The van der Waals surface area contributed by atoms with Crippen LogP contribution in [0, 0.1) is 14.9 Å². The van der Waals surface area contributed by atoms with Crippen LogP contribution in [-0.2, 0) is 0 Å². The lowest BCUT2D eigenvalue weighted by Gasteiger charge is -2.15. The van der Waals surface area contributed by atoms with E-state index in [2.05, 4.69) is 49.9 Å². The monoisotopic (exact) mass is 454 g/mol. The van der Waals surface area contributed by atoms with E-state index in [4.69, 9.17) is 5.26 Å². The second-order valence-electron chi connectivity index (χ2n) is 4.55. The third-order valence-corrected chi connectivity index (χ3v) is 4.49. The molecule has 3 nitrogen and oxygen atoms in total. The highest BCUT2D eigenvalue weighted by Gasteiger charge is 2.14. The number of rotatable bonds is 3. The van der Waals surface area contributed by atoms with E-state index >= 15 is 0 Å². The van der Waals surface area contributed by atoms with Crippen molar-refractivity contribution in [2.45, 2.75) is 13.0 Å². The van der Waals surface area contributed by atoms with Crippen LogP contribution in [0.1, 0.15) is 34.5 Å². The Labute approximate surface area is 145 Å². The van der Waals surface area contributed by atoms with Gasteiger partial charge in [-0.3, -0.25) is 4.79 Å². The maximum Gasteiger partial charge on any atom is 0.252 e. The Morgan fingerprint density at radius 3 is 2.57 bits per heavy atom. The highest BCUT2D eigenvalue weighted by Crippen LogP contribution is 2.20. The maximum absolute atomic E-state index is 12.3. The van der Waals surface area contributed by atoms with E-state index in [9.17, 15) is 4.79 Å². The highest BCUT2D eigenvalue weighted by atomic mass is 127. The zero-order chi connectivity index (χ0) is 15.4. The zero-order valence-corrected chi connectivity index (χ0v) is 15.0. The molecular formula is C16H12BrIN2O. The molecule has 1 unspecified atom stereocenters. The molecule has 106 valence electrons. The Bertz CT molecular complexity index is 707. The summed E-state index contributed by atoms with van der Waals surface area (Å²) in [6, 6.07) is 14.8. The van der Waals surface area contributed by atoms with Gasteiger partial charge < -0.3 is 5.32 Å². The summed E-state index contributed by atoms with van der Waals surface area (Å²) in [5.41, 5.74) is 2.22. The van der Waals surface area contributed by atoms with E-state index in [0.29, 0.717) is 11.1 Å². The van der Waals surface area contributed by atoms with Gasteiger partial charge >= 0.3 is 0 Å². The predicted octanol–water partition coefficient (Wildman–Crippen LogP) is 4.42. The van der Waals surface area contributed by atoms with Crippen molar-refractivity contribution in [2.75, 3.05) is 0 Å². The largest absolute Gasteiger partial charge is 0.345 e. The number of carbonyl (C=O) groups is 1. The van der Waals surface area contributed by atoms with Crippen molar-refractivity contribution >= 4 is 44.4 Å². The summed E-state index contributed by atoms with van der Waals surface area (Å²) in [5, 5.41) is 11.8. The Morgan fingerprint density at radius 2 is 1.95 bits per heavy atom. The van der Waals surface area contributed by atoms with E-state index < -0.39 is 0 Å². The minimum Gasteiger partial charge on any atom is -0.345 e. The second kappa shape index (κ2) is 7.05. The topological polar surface area (TPSA) is 52.9 Å². The summed E-state index contributed by atoms with van der Waals surface area (Å²) in [5.74, 6) is -0.113. The normalized spacial score (nSPS) is 11.5. The molecule has 1 amide bonds. The van der Waals surface area contributed by atoms with Gasteiger partial charge in [0.2, 0.25) is 0 Å². The van der Waals surface area contributed by atoms with Crippen LogP contribution in [-0.4, -0.2) is 5.91 Å². The molecule has 0 aliphatic heterocycles. The van der Waals surface area contributed by atoms with Gasteiger partial charge in [-0.25, -0.2) is 0 Å². The lowest BCUT2D eigenvalue weighted by atomic mass is 10.1. The highest BCUT2D eigenvalue weighted by molar-refractivity contribution is 14.1. The summed E-state index contributed by atoms with van der Waals surface area (Å²) in [6.07, 6.45) is 0. The van der Waals surface area contributed by atoms with Gasteiger partial charge in [0.15, 0.2) is 0 Å². The van der Waals surface area contributed by atoms with E-state index in [0.717, 1.165) is 13.6 Å². The fourth-order valence-corrected chi connectivity index (χ4v) is 2.82. The molecule has 1 N–H and O–H groups in total. The molecule has 0 aliphatic rings. The first-order valence-electron chi connectivity index (χ1n) is 6.27. The van der Waals surface area contributed by atoms with Crippen molar-refractivity contribution in [3.8, 4) is 6.07 Å². The summed E-state index contributed by atoms with van der Waals surface area (Å²) < 4.78 is 1.78. The van der Waals surface area contributed by atoms with Crippen LogP contribution in [0.3, 0.4) is 0 Å². The first-order valence-corrected chi connectivity index (χ1v) is 8.14. The van der Waals surface area contributed by atoms with Gasteiger partial charge in [-0.2, -0.15) is 5.26 Å². The van der Waals surface area contributed by atoms with Crippen molar-refractivity contribution < 1.29 is 4.79 Å². The van der Waals surface area contributed by atoms with Crippen LogP contribution >= 0.6 is 38.5 Å². The molecule has 0 aromatic heterocycles. The first kappa shape index (κ1) is 16.0. The van der Waals surface area contributed by atoms with E-state index in [1.54, 1.807) is 12.1 Å². The number of hydrogen-bond acceptors (Lipinski definition) is 2. The lowest BCUT2D eigenvalue weighted by molar-refractivity contribution is 0.0939. The van der Waals surface area contributed by atoms with E-state index in [1.165, 1.54) is 0 Å². The Kier molecular flexibility index (Phi) is 5.37. The van der Waals surface area contributed by atoms with Gasteiger partial charge in [-0.1, -0.05) is 28.1 Å². The molecular weight excluding hydrogens is 443 g/mol. The fourth-order valence-electron chi connectivity index (χ4n) is 1.88. The molecule has 0 saturated heterocycles. The van der Waals surface area contributed by atoms with Gasteiger partial charge in [-0.05, 0) is 65.4 Å². The minimum atomic E-state index is -0.125. The van der Waals surface area contributed by atoms with Crippen LogP contribution < -0.4 is 5.32 Å². The predicted molar refractivity (Wildman–Crippen MR) is 93.9 cm³/mol. The van der Waals surface area contributed by atoms with Crippen molar-refractivity contribution in [3.05, 3.63) is 67.2 Å². The quantitative estimate of drug-likeness (QED) is 0.698. The standard InChI is InChI=1S/C16H12BrIN2O/c1-10(12-4-2-11(9-19)3-5-12)20-16(21)14-8-13(17)6-7-15(14)18/h2-8,10H,1H3,(H,20,21). The molecule has 1 atom stereocenters. The molecule has 0 fully saturated rings. The molecule has 2 rings (SSSR count). The van der Waals surface area contributed by atoms with Crippen molar-refractivity contribution in [1.29, 1.82) is 5.26 Å². The molecule has 21 heavy (non-hydrogen) atoms. The molecule has 0 aliphatic carbocycles. The number of hydrogen-bond donors (Lipinski definition) is 1. The van der Waals surface area contributed by atoms with Crippen LogP contribution in [0.4, 0.5) is 0 Å². The third-order valence-electron chi connectivity index (χ3n) is 3.06. The van der Waals surface area contributed by atoms with Gasteiger partial charge in [0, 0.05) is 8.04 Å². The minimum absolute atomic E-state index is 0.113. The summed E-state index contributed by atoms with van der Waals surface area (Å²) in [7, 11) is 0.